The molecular weight excluding hydrogens is 300 g/mol. The lowest BCUT2D eigenvalue weighted by atomic mass is 10.2. The highest BCUT2D eigenvalue weighted by Crippen LogP contribution is 2.25. The van der Waals surface area contributed by atoms with E-state index in [2.05, 4.69) is 20.6 Å². The van der Waals surface area contributed by atoms with Crippen molar-refractivity contribution >= 4 is 29.7 Å². The normalized spacial score (nSPS) is 11.6. The summed E-state index contributed by atoms with van der Waals surface area (Å²) in [6.07, 6.45) is 0. The number of aromatic nitrogens is 2. The van der Waals surface area contributed by atoms with Crippen LogP contribution in [0.1, 0.15) is 23.0 Å². The van der Waals surface area contributed by atoms with Gasteiger partial charge in [0.15, 0.2) is 0 Å². The summed E-state index contributed by atoms with van der Waals surface area (Å²) in [5.41, 5.74) is -0.748. The van der Waals surface area contributed by atoms with E-state index in [1.165, 1.54) is 20.9 Å². The number of carbonyl (C=O) groups excluding carboxylic acids is 2. The van der Waals surface area contributed by atoms with Gasteiger partial charge < -0.3 is 15.4 Å². The Bertz CT molecular complexity index is 642. The number of thioether (sulfide) groups is 1. The number of aromatic carboxylic acids is 1. The summed E-state index contributed by atoms with van der Waals surface area (Å²) in [7, 11) is 1.35. The summed E-state index contributed by atoms with van der Waals surface area (Å²) >= 11 is 0.783. The molecule has 0 radical (unpaired) electrons. The number of carboxylic acid groups (broad SMARTS) is 1. The molecule has 21 heavy (non-hydrogen) atoms. The first-order valence-corrected chi connectivity index (χ1v) is 6.67. The maximum absolute atomic E-state index is 11.7. The van der Waals surface area contributed by atoms with Gasteiger partial charge in [0.2, 0.25) is 5.91 Å². The molecule has 4 N–H and O–H groups in total. The highest BCUT2D eigenvalue weighted by atomic mass is 32.2. The molecule has 0 spiro atoms. The number of amides is 3. The number of nitrogens with one attached hydrogen (secondary N) is 3. The highest BCUT2D eigenvalue weighted by molar-refractivity contribution is 8.00. The summed E-state index contributed by atoms with van der Waals surface area (Å²) in [5.74, 6) is -1.90. The highest BCUT2D eigenvalue weighted by Gasteiger charge is 2.23. The summed E-state index contributed by atoms with van der Waals surface area (Å²) in [4.78, 5) is 51.1. The van der Waals surface area contributed by atoms with Crippen molar-refractivity contribution in [1.29, 1.82) is 0 Å². The maximum atomic E-state index is 11.7. The van der Waals surface area contributed by atoms with Gasteiger partial charge in [-0.1, -0.05) is 11.8 Å². The third-order valence-corrected chi connectivity index (χ3v) is 3.51. The van der Waals surface area contributed by atoms with Gasteiger partial charge in [0.1, 0.15) is 10.6 Å². The number of imide groups is 1. The second kappa shape index (κ2) is 6.88. The quantitative estimate of drug-likeness (QED) is 0.442. The van der Waals surface area contributed by atoms with Crippen molar-refractivity contribution in [2.75, 3.05) is 7.05 Å². The Labute approximate surface area is 123 Å². The molecule has 1 rings (SSSR count). The van der Waals surface area contributed by atoms with Crippen LogP contribution in [0.25, 0.3) is 0 Å². The lowest BCUT2D eigenvalue weighted by Crippen LogP contribution is -2.41. The van der Waals surface area contributed by atoms with E-state index < -0.39 is 28.8 Å². The number of urea groups is 1. The van der Waals surface area contributed by atoms with Gasteiger partial charge in [-0.05, 0) is 13.8 Å². The minimum Gasteiger partial charge on any atom is -0.478 e. The van der Waals surface area contributed by atoms with Crippen LogP contribution in [-0.2, 0) is 4.79 Å². The number of rotatable bonds is 4. The summed E-state index contributed by atoms with van der Waals surface area (Å²) in [6, 6.07) is -0.680. The number of H-pyrrole nitrogens is 1. The van der Waals surface area contributed by atoms with Crippen LogP contribution in [0.5, 0.6) is 0 Å². The Morgan fingerprint density at radius 1 is 1.38 bits per heavy atom. The third-order valence-electron chi connectivity index (χ3n) is 2.42. The number of carboxylic acids is 1. The van der Waals surface area contributed by atoms with Gasteiger partial charge in [0.25, 0.3) is 0 Å². The SMILES string of the molecule is CNC(=O)NC(=O)C(C)Sc1nc(=O)[nH]c(C)c1C(=O)O. The fourth-order valence-electron chi connectivity index (χ4n) is 1.39. The van der Waals surface area contributed by atoms with Crippen molar-refractivity contribution in [1.82, 2.24) is 20.6 Å². The standard InChI is InChI=1S/C11H14N4O5S/c1-4-6(9(17)18)8(15-11(20)13-4)21-5(2)7(16)14-10(19)12-3/h5H,1-3H3,(H,17,18)(H,13,15,20)(H2,12,14,16,19). The molecule has 114 valence electrons. The van der Waals surface area contributed by atoms with Crippen molar-refractivity contribution < 1.29 is 19.5 Å². The molecule has 1 heterocycles. The maximum Gasteiger partial charge on any atom is 0.346 e. The van der Waals surface area contributed by atoms with E-state index in [1.54, 1.807) is 0 Å². The molecule has 0 aliphatic carbocycles. The molecule has 0 fully saturated rings. The lowest BCUT2D eigenvalue weighted by molar-refractivity contribution is -0.119. The largest absolute Gasteiger partial charge is 0.478 e. The lowest BCUT2D eigenvalue weighted by Gasteiger charge is -2.12. The zero-order valence-electron chi connectivity index (χ0n) is 11.5. The molecule has 10 heteroatoms. The van der Waals surface area contributed by atoms with Crippen LogP contribution in [0.2, 0.25) is 0 Å². The Balaban J connectivity index is 3.02. The number of hydrogen-bond donors (Lipinski definition) is 4. The summed E-state index contributed by atoms with van der Waals surface area (Å²) < 4.78 is 0. The molecule has 1 unspecified atom stereocenters. The van der Waals surface area contributed by atoms with Crippen molar-refractivity contribution in [3.63, 3.8) is 0 Å². The van der Waals surface area contributed by atoms with Crippen LogP contribution in [0.4, 0.5) is 4.79 Å². The summed E-state index contributed by atoms with van der Waals surface area (Å²) in [6.45, 7) is 2.89. The second-order valence-corrected chi connectivity index (χ2v) is 5.31. The van der Waals surface area contributed by atoms with E-state index in [4.69, 9.17) is 5.11 Å². The van der Waals surface area contributed by atoms with Crippen LogP contribution in [0, 0.1) is 6.92 Å². The smallest absolute Gasteiger partial charge is 0.346 e. The Morgan fingerprint density at radius 3 is 2.52 bits per heavy atom. The number of aromatic amines is 1. The number of hydrogen-bond acceptors (Lipinski definition) is 6. The molecule has 0 aromatic carbocycles. The van der Waals surface area contributed by atoms with Crippen LogP contribution in [-0.4, -0.2) is 45.3 Å². The van der Waals surface area contributed by atoms with Crippen molar-refractivity contribution in [3.8, 4) is 0 Å². The zero-order valence-corrected chi connectivity index (χ0v) is 12.3. The monoisotopic (exact) mass is 314 g/mol. The first-order chi connectivity index (χ1) is 9.76. The van der Waals surface area contributed by atoms with E-state index in [1.807, 2.05) is 0 Å². The minimum atomic E-state index is -1.27. The average molecular weight is 314 g/mol. The predicted molar refractivity (Wildman–Crippen MR) is 74.5 cm³/mol. The summed E-state index contributed by atoms with van der Waals surface area (Å²) in [5, 5.41) is 12.5. The molecule has 0 aliphatic rings. The number of nitrogens with zero attached hydrogens (tertiary/aromatic N) is 1. The van der Waals surface area contributed by atoms with Gasteiger partial charge in [-0.2, -0.15) is 4.98 Å². The molecule has 1 aromatic rings. The second-order valence-electron chi connectivity index (χ2n) is 3.98. The average Bonchev–Trinajstić information content (AvgIpc) is 2.36. The fourth-order valence-corrected chi connectivity index (χ4v) is 2.39. The molecule has 1 atom stereocenters. The molecule has 0 saturated carbocycles. The predicted octanol–water partition coefficient (Wildman–Crippen LogP) is -0.287. The van der Waals surface area contributed by atoms with E-state index in [-0.39, 0.29) is 16.3 Å². The zero-order chi connectivity index (χ0) is 16.2. The Kier molecular flexibility index (Phi) is 5.47. The molecule has 0 aliphatic heterocycles. The van der Waals surface area contributed by atoms with E-state index >= 15 is 0 Å². The van der Waals surface area contributed by atoms with Crippen molar-refractivity contribution in [2.45, 2.75) is 24.1 Å². The van der Waals surface area contributed by atoms with Gasteiger partial charge in [0.05, 0.1) is 5.25 Å². The Hall–Kier alpha value is -2.36. The number of aryl methyl sites for hydroxylation is 1. The van der Waals surface area contributed by atoms with Crippen LogP contribution >= 0.6 is 11.8 Å². The molecule has 0 bridgehead atoms. The van der Waals surface area contributed by atoms with E-state index in [0.717, 1.165) is 11.8 Å². The van der Waals surface area contributed by atoms with E-state index in [0.29, 0.717) is 0 Å². The van der Waals surface area contributed by atoms with Gasteiger partial charge in [0, 0.05) is 12.7 Å². The van der Waals surface area contributed by atoms with Gasteiger partial charge in [-0.3, -0.25) is 10.1 Å². The van der Waals surface area contributed by atoms with Crippen LogP contribution in [0.3, 0.4) is 0 Å². The fraction of sp³-hybridized carbons (Fsp3) is 0.364. The molecule has 3 amide bonds. The number of carbonyl (C=O) groups is 3. The van der Waals surface area contributed by atoms with E-state index in [9.17, 15) is 19.2 Å². The van der Waals surface area contributed by atoms with Gasteiger partial charge in [-0.25, -0.2) is 14.4 Å². The van der Waals surface area contributed by atoms with Crippen LogP contribution < -0.4 is 16.3 Å². The Morgan fingerprint density at radius 2 is 2.00 bits per heavy atom. The van der Waals surface area contributed by atoms with Crippen LogP contribution in [0.15, 0.2) is 9.82 Å². The van der Waals surface area contributed by atoms with Gasteiger partial charge in [-0.15, -0.1) is 0 Å². The van der Waals surface area contributed by atoms with Gasteiger partial charge >= 0.3 is 17.7 Å². The first kappa shape index (κ1) is 16.7. The molecule has 0 saturated heterocycles. The topological polar surface area (TPSA) is 141 Å². The molecule has 1 aromatic heterocycles. The molecular formula is C11H14N4O5S. The van der Waals surface area contributed by atoms with Crippen molar-refractivity contribution in [2.24, 2.45) is 0 Å². The first-order valence-electron chi connectivity index (χ1n) is 5.79. The third kappa shape index (κ3) is 4.31. The minimum absolute atomic E-state index is 0.0803. The van der Waals surface area contributed by atoms with Crippen molar-refractivity contribution in [3.05, 3.63) is 21.7 Å². The molecule has 9 nitrogen and oxygen atoms in total.